The minimum absolute atomic E-state index is 0.161. The van der Waals surface area contributed by atoms with Crippen LogP contribution in [0.2, 0.25) is 0 Å². The molecule has 0 saturated carbocycles. The summed E-state index contributed by atoms with van der Waals surface area (Å²) in [5.41, 5.74) is 1.42. The highest BCUT2D eigenvalue weighted by Crippen LogP contribution is 2.24. The van der Waals surface area contributed by atoms with E-state index < -0.39 is 26.4 Å². The lowest BCUT2D eigenvalue weighted by molar-refractivity contribution is 0.0948. The van der Waals surface area contributed by atoms with Gasteiger partial charge in [0.25, 0.3) is 5.91 Å². The van der Waals surface area contributed by atoms with Crippen LogP contribution in [0.5, 0.6) is 0 Å². The molecular formula is C18H17F2N3O3S2. The van der Waals surface area contributed by atoms with Crippen molar-refractivity contribution in [2.24, 2.45) is 0 Å². The number of rotatable bonds is 7. The first-order chi connectivity index (χ1) is 13.3. The molecule has 0 unspecified atom stereocenters. The fraction of sp³-hybridized carbons (Fsp3) is 0.222. The molecule has 0 aliphatic rings. The monoisotopic (exact) mass is 425 g/mol. The molecule has 10 heteroatoms. The molecule has 3 aromatic rings. The second kappa shape index (κ2) is 8.19. The van der Waals surface area contributed by atoms with E-state index in [1.165, 1.54) is 18.2 Å². The number of hydrogen-bond acceptors (Lipinski definition) is 5. The average Bonchev–Trinajstić information content (AvgIpc) is 3.31. The summed E-state index contributed by atoms with van der Waals surface area (Å²) in [4.78, 5) is 12.7. The molecule has 0 aliphatic heterocycles. The maximum atomic E-state index is 12.8. The molecule has 0 fully saturated rings. The quantitative estimate of drug-likeness (QED) is 0.630. The van der Waals surface area contributed by atoms with E-state index in [-0.39, 0.29) is 12.1 Å². The Morgan fingerprint density at radius 2 is 2.00 bits per heavy atom. The summed E-state index contributed by atoms with van der Waals surface area (Å²) in [6.07, 6.45) is 0. The highest BCUT2D eigenvalue weighted by atomic mass is 32.2. The molecule has 0 atom stereocenters. The van der Waals surface area contributed by atoms with Crippen molar-refractivity contribution < 1.29 is 22.0 Å². The van der Waals surface area contributed by atoms with Crippen molar-refractivity contribution in [3.05, 3.63) is 59.1 Å². The standard InChI is InChI=1S/C18H17F2N3O3S2/c1-12-11-14(15-6-4-10-27-15)22-23(12)9-8-21-17(24)13-5-2-3-7-16(13)28(25,26)18(19)20/h2-7,10-11,18H,8-9H2,1H3,(H,21,24). The first-order valence-corrected chi connectivity index (χ1v) is 10.7. The first kappa shape index (κ1) is 20.2. The Kier molecular flexibility index (Phi) is 5.90. The third kappa shape index (κ3) is 4.12. The van der Waals surface area contributed by atoms with Crippen molar-refractivity contribution in [2.75, 3.05) is 6.54 Å². The molecule has 1 amide bonds. The largest absolute Gasteiger partial charge is 0.350 e. The maximum absolute atomic E-state index is 12.8. The third-order valence-electron chi connectivity index (χ3n) is 4.04. The number of nitrogens with zero attached hydrogens (tertiary/aromatic N) is 2. The second-order valence-corrected chi connectivity index (χ2v) is 8.76. The summed E-state index contributed by atoms with van der Waals surface area (Å²) in [5, 5.41) is 9.00. The SMILES string of the molecule is Cc1cc(-c2cccs2)nn1CCNC(=O)c1ccccc1S(=O)(=O)C(F)F. The van der Waals surface area contributed by atoms with Crippen LogP contribution in [0, 0.1) is 6.92 Å². The highest BCUT2D eigenvalue weighted by Gasteiger charge is 2.30. The van der Waals surface area contributed by atoms with Crippen LogP contribution in [0.4, 0.5) is 8.78 Å². The number of hydrogen-bond donors (Lipinski definition) is 1. The molecule has 1 N–H and O–H groups in total. The molecule has 6 nitrogen and oxygen atoms in total. The summed E-state index contributed by atoms with van der Waals surface area (Å²) < 4.78 is 51.0. The van der Waals surface area contributed by atoms with Crippen molar-refractivity contribution in [1.29, 1.82) is 0 Å². The lowest BCUT2D eigenvalue weighted by atomic mass is 10.2. The summed E-state index contributed by atoms with van der Waals surface area (Å²) >= 11 is 1.57. The van der Waals surface area contributed by atoms with Crippen LogP contribution in [-0.2, 0) is 16.4 Å². The van der Waals surface area contributed by atoms with E-state index in [1.54, 1.807) is 16.0 Å². The van der Waals surface area contributed by atoms with E-state index in [9.17, 15) is 22.0 Å². The van der Waals surface area contributed by atoms with E-state index in [1.807, 2.05) is 30.5 Å². The number of amides is 1. The first-order valence-electron chi connectivity index (χ1n) is 8.28. The average molecular weight is 425 g/mol. The van der Waals surface area contributed by atoms with E-state index in [0.29, 0.717) is 6.54 Å². The predicted molar refractivity (Wildman–Crippen MR) is 102 cm³/mol. The number of aromatic nitrogens is 2. The molecule has 0 bridgehead atoms. The number of alkyl halides is 2. The van der Waals surface area contributed by atoms with Gasteiger partial charge in [0.05, 0.1) is 21.9 Å². The molecule has 1 aromatic carbocycles. The molecular weight excluding hydrogens is 408 g/mol. The topological polar surface area (TPSA) is 81.1 Å². The van der Waals surface area contributed by atoms with E-state index in [2.05, 4.69) is 10.4 Å². The molecule has 28 heavy (non-hydrogen) atoms. The highest BCUT2D eigenvalue weighted by molar-refractivity contribution is 7.91. The fourth-order valence-corrected chi connectivity index (χ4v) is 4.26. The van der Waals surface area contributed by atoms with Gasteiger partial charge < -0.3 is 5.32 Å². The van der Waals surface area contributed by atoms with Gasteiger partial charge in [0.1, 0.15) is 5.69 Å². The van der Waals surface area contributed by atoms with Crippen molar-refractivity contribution in [3.8, 4) is 10.6 Å². The van der Waals surface area contributed by atoms with Gasteiger partial charge in [-0.15, -0.1) is 11.3 Å². The second-order valence-electron chi connectivity index (χ2n) is 5.93. The Morgan fingerprint density at radius 3 is 2.68 bits per heavy atom. The van der Waals surface area contributed by atoms with Gasteiger partial charge in [0, 0.05) is 12.2 Å². The molecule has 0 aliphatic carbocycles. The predicted octanol–water partition coefficient (Wildman–Crippen LogP) is 3.35. The Balaban J connectivity index is 1.69. The van der Waals surface area contributed by atoms with Gasteiger partial charge in [-0.3, -0.25) is 9.48 Å². The zero-order valence-corrected chi connectivity index (χ0v) is 16.4. The van der Waals surface area contributed by atoms with Crippen LogP contribution in [0.15, 0.2) is 52.7 Å². The summed E-state index contributed by atoms with van der Waals surface area (Å²) in [5.74, 6) is -4.33. The molecule has 148 valence electrons. The fourth-order valence-electron chi connectivity index (χ4n) is 2.65. The summed E-state index contributed by atoms with van der Waals surface area (Å²) in [6, 6.07) is 10.7. The minimum atomic E-state index is -4.87. The normalized spacial score (nSPS) is 11.7. The molecule has 0 radical (unpaired) electrons. The van der Waals surface area contributed by atoms with Gasteiger partial charge in [-0.25, -0.2) is 8.42 Å². The van der Waals surface area contributed by atoms with Crippen LogP contribution >= 0.6 is 11.3 Å². The van der Waals surface area contributed by atoms with Crippen LogP contribution in [0.25, 0.3) is 10.6 Å². The number of sulfone groups is 1. The van der Waals surface area contributed by atoms with Crippen molar-refractivity contribution in [2.45, 2.75) is 24.1 Å². The molecule has 2 aromatic heterocycles. The lowest BCUT2D eigenvalue weighted by Gasteiger charge is -2.11. The van der Waals surface area contributed by atoms with Crippen molar-refractivity contribution in [3.63, 3.8) is 0 Å². The number of carbonyl (C=O) groups excluding carboxylic acids is 1. The van der Waals surface area contributed by atoms with Gasteiger partial charge in [0.2, 0.25) is 9.84 Å². The van der Waals surface area contributed by atoms with Crippen LogP contribution < -0.4 is 5.32 Å². The van der Waals surface area contributed by atoms with Gasteiger partial charge >= 0.3 is 5.76 Å². The van der Waals surface area contributed by atoms with Gasteiger partial charge in [-0.05, 0) is 36.6 Å². The van der Waals surface area contributed by atoms with Crippen LogP contribution in [-0.4, -0.2) is 36.4 Å². The number of halogens is 2. The number of thiophene rings is 1. The number of carbonyl (C=O) groups is 1. The Hall–Kier alpha value is -2.59. The van der Waals surface area contributed by atoms with Crippen LogP contribution in [0.3, 0.4) is 0 Å². The van der Waals surface area contributed by atoms with Crippen molar-refractivity contribution >= 4 is 27.1 Å². The Bertz CT molecular complexity index is 1080. The zero-order valence-electron chi connectivity index (χ0n) is 14.8. The molecule has 3 rings (SSSR count). The maximum Gasteiger partial charge on any atom is 0.341 e. The third-order valence-corrected chi connectivity index (χ3v) is 6.37. The number of aryl methyl sites for hydroxylation is 1. The molecule has 0 saturated heterocycles. The van der Waals surface area contributed by atoms with Crippen molar-refractivity contribution in [1.82, 2.24) is 15.1 Å². The zero-order chi connectivity index (χ0) is 20.3. The number of benzene rings is 1. The Labute approximate surface area is 164 Å². The lowest BCUT2D eigenvalue weighted by Crippen LogP contribution is -2.29. The summed E-state index contributed by atoms with van der Waals surface area (Å²) in [7, 11) is -4.87. The van der Waals surface area contributed by atoms with E-state index in [4.69, 9.17) is 0 Å². The van der Waals surface area contributed by atoms with E-state index >= 15 is 0 Å². The smallest absolute Gasteiger partial charge is 0.341 e. The van der Waals surface area contributed by atoms with E-state index in [0.717, 1.165) is 22.3 Å². The van der Waals surface area contributed by atoms with Crippen LogP contribution in [0.1, 0.15) is 16.1 Å². The Morgan fingerprint density at radius 1 is 1.25 bits per heavy atom. The molecule has 0 spiro atoms. The number of nitrogens with one attached hydrogen (secondary N) is 1. The minimum Gasteiger partial charge on any atom is -0.350 e. The molecule has 2 heterocycles. The summed E-state index contributed by atoms with van der Waals surface area (Å²) in [6.45, 7) is 2.40. The van der Waals surface area contributed by atoms with Gasteiger partial charge in [0.15, 0.2) is 0 Å². The van der Waals surface area contributed by atoms with Gasteiger partial charge in [-0.2, -0.15) is 13.9 Å². The van der Waals surface area contributed by atoms with Gasteiger partial charge in [-0.1, -0.05) is 18.2 Å².